The highest BCUT2D eigenvalue weighted by Crippen LogP contribution is 2.25. The van der Waals surface area contributed by atoms with E-state index in [0.29, 0.717) is 29.0 Å². The zero-order valence-electron chi connectivity index (χ0n) is 19.3. The van der Waals surface area contributed by atoms with E-state index >= 15 is 0 Å². The number of amides is 1. The SMILES string of the molecule is NC(N)=NCCC[C@H](NC(=O)c1ccc(-c2cccc(CS(=O)(=O)c3ccc(N)cc3)c2)o1)C(=O)O. The Morgan fingerprint density at radius 1 is 1.06 bits per heavy atom. The first-order valence-corrected chi connectivity index (χ1v) is 12.6. The summed E-state index contributed by atoms with van der Waals surface area (Å²) in [5.41, 5.74) is 17.7. The van der Waals surface area contributed by atoms with E-state index in [-0.39, 0.29) is 35.3 Å². The van der Waals surface area contributed by atoms with Crippen molar-refractivity contribution in [3.05, 3.63) is 72.0 Å². The predicted octanol–water partition coefficient (Wildman–Crippen LogP) is 1.74. The number of nitrogens with zero attached hydrogens (tertiary/aromatic N) is 1. The molecule has 1 aromatic heterocycles. The minimum Gasteiger partial charge on any atom is -0.480 e. The number of nitrogens with one attached hydrogen (secondary N) is 1. The summed E-state index contributed by atoms with van der Waals surface area (Å²) in [7, 11) is -3.60. The van der Waals surface area contributed by atoms with E-state index in [9.17, 15) is 23.1 Å². The molecule has 0 aliphatic rings. The number of benzene rings is 2. The van der Waals surface area contributed by atoms with Gasteiger partial charge in [-0.2, -0.15) is 0 Å². The van der Waals surface area contributed by atoms with Gasteiger partial charge in [0.05, 0.1) is 10.6 Å². The van der Waals surface area contributed by atoms with E-state index in [1.54, 1.807) is 30.3 Å². The van der Waals surface area contributed by atoms with Gasteiger partial charge in [-0.05, 0) is 60.9 Å². The van der Waals surface area contributed by atoms with Crippen molar-refractivity contribution in [3.8, 4) is 11.3 Å². The van der Waals surface area contributed by atoms with Gasteiger partial charge in [0.1, 0.15) is 11.8 Å². The van der Waals surface area contributed by atoms with E-state index in [4.69, 9.17) is 21.6 Å². The molecule has 0 unspecified atom stereocenters. The van der Waals surface area contributed by atoms with Crippen LogP contribution >= 0.6 is 0 Å². The van der Waals surface area contributed by atoms with Gasteiger partial charge in [-0.25, -0.2) is 13.2 Å². The quantitative estimate of drug-likeness (QED) is 0.109. The number of hydrogen-bond donors (Lipinski definition) is 5. The summed E-state index contributed by atoms with van der Waals surface area (Å²) in [4.78, 5) is 28.0. The van der Waals surface area contributed by atoms with Crippen LogP contribution in [0.25, 0.3) is 11.3 Å². The smallest absolute Gasteiger partial charge is 0.326 e. The van der Waals surface area contributed by atoms with Crippen LogP contribution in [-0.4, -0.2) is 43.9 Å². The van der Waals surface area contributed by atoms with Gasteiger partial charge in [0.25, 0.3) is 5.91 Å². The minimum absolute atomic E-state index is 0.0830. The molecule has 0 spiro atoms. The number of carboxylic acids is 1. The number of hydrogen-bond acceptors (Lipinski definition) is 7. The topological polar surface area (TPSA) is 204 Å². The zero-order chi connectivity index (χ0) is 26.3. The number of carboxylic acid groups (broad SMARTS) is 1. The largest absolute Gasteiger partial charge is 0.480 e. The third-order valence-corrected chi connectivity index (χ3v) is 6.89. The summed E-state index contributed by atoms with van der Waals surface area (Å²) in [5.74, 6) is -1.99. The van der Waals surface area contributed by atoms with Gasteiger partial charge in [-0.1, -0.05) is 18.2 Å². The number of aliphatic carboxylic acids is 1. The maximum Gasteiger partial charge on any atom is 0.326 e. The Morgan fingerprint density at radius 2 is 1.78 bits per heavy atom. The molecule has 2 aromatic carbocycles. The molecule has 0 aliphatic heterocycles. The second kappa shape index (κ2) is 11.4. The van der Waals surface area contributed by atoms with Gasteiger partial charge in [0.2, 0.25) is 0 Å². The van der Waals surface area contributed by atoms with Crippen LogP contribution in [0.4, 0.5) is 5.69 Å². The summed E-state index contributed by atoms with van der Waals surface area (Å²) in [6, 6.07) is 14.5. The van der Waals surface area contributed by atoms with E-state index in [1.165, 1.54) is 30.3 Å². The van der Waals surface area contributed by atoms with Crippen molar-refractivity contribution in [1.82, 2.24) is 5.32 Å². The van der Waals surface area contributed by atoms with E-state index < -0.39 is 27.8 Å². The fourth-order valence-electron chi connectivity index (χ4n) is 3.40. The van der Waals surface area contributed by atoms with Gasteiger partial charge in [0, 0.05) is 17.8 Å². The number of nitrogen functional groups attached to an aromatic ring is 1. The minimum atomic E-state index is -3.60. The van der Waals surface area contributed by atoms with Crippen LogP contribution in [0, 0.1) is 0 Å². The molecular weight excluding hydrogens is 486 g/mol. The zero-order valence-corrected chi connectivity index (χ0v) is 20.1. The maximum absolute atomic E-state index is 12.8. The first-order chi connectivity index (χ1) is 17.0. The average Bonchev–Trinajstić information content (AvgIpc) is 3.31. The van der Waals surface area contributed by atoms with Crippen LogP contribution in [0.2, 0.25) is 0 Å². The van der Waals surface area contributed by atoms with Crippen molar-refractivity contribution in [2.75, 3.05) is 12.3 Å². The Balaban J connectivity index is 1.69. The Hall–Kier alpha value is -4.32. The Kier molecular flexibility index (Phi) is 8.33. The number of aliphatic imine (C=N–C) groups is 1. The van der Waals surface area contributed by atoms with Crippen LogP contribution < -0.4 is 22.5 Å². The Bertz CT molecular complexity index is 1360. The van der Waals surface area contributed by atoms with Gasteiger partial charge < -0.3 is 32.0 Å². The normalized spacial score (nSPS) is 12.0. The van der Waals surface area contributed by atoms with Gasteiger partial charge in [0.15, 0.2) is 21.6 Å². The molecular formula is C24H27N5O6S. The summed E-state index contributed by atoms with van der Waals surface area (Å²) in [6.45, 7) is 0.233. The molecule has 0 radical (unpaired) electrons. The van der Waals surface area contributed by atoms with E-state index in [1.807, 2.05) is 0 Å². The van der Waals surface area contributed by atoms with Gasteiger partial charge >= 0.3 is 5.97 Å². The van der Waals surface area contributed by atoms with Crippen LogP contribution in [0.1, 0.15) is 29.0 Å². The molecule has 1 atom stereocenters. The molecule has 8 N–H and O–H groups in total. The van der Waals surface area contributed by atoms with Crippen LogP contribution in [0.3, 0.4) is 0 Å². The highest BCUT2D eigenvalue weighted by Gasteiger charge is 2.22. The molecule has 3 rings (SSSR count). The number of carbonyl (C=O) groups excluding carboxylic acids is 1. The van der Waals surface area contributed by atoms with Crippen molar-refractivity contribution >= 4 is 33.4 Å². The molecule has 0 saturated carbocycles. The standard InChI is InChI=1S/C24H27N5O6S/c25-17-6-8-18(9-7-17)36(33,34)14-15-3-1-4-16(13-15)20-10-11-21(35-20)22(30)29-19(23(31)32)5-2-12-28-24(26)27/h1,3-4,6-11,13,19H,2,5,12,14,25H2,(H,29,30)(H,31,32)(H4,26,27,28)/t19-/m0/s1. The molecule has 3 aromatic rings. The Labute approximate surface area is 207 Å². The number of rotatable bonds is 11. The van der Waals surface area contributed by atoms with Crippen molar-refractivity contribution < 1.29 is 27.5 Å². The number of anilines is 1. The summed E-state index contributed by atoms with van der Waals surface area (Å²) >= 11 is 0. The number of furan rings is 1. The maximum atomic E-state index is 12.8. The monoisotopic (exact) mass is 513 g/mol. The first-order valence-electron chi connectivity index (χ1n) is 10.9. The van der Waals surface area contributed by atoms with Crippen molar-refractivity contribution in [3.63, 3.8) is 0 Å². The second-order valence-corrected chi connectivity index (χ2v) is 10.00. The highest BCUT2D eigenvalue weighted by molar-refractivity contribution is 7.90. The fraction of sp³-hybridized carbons (Fsp3) is 0.208. The first kappa shape index (κ1) is 26.3. The molecule has 36 heavy (non-hydrogen) atoms. The third-order valence-electron chi connectivity index (χ3n) is 5.19. The molecule has 0 aliphatic carbocycles. The predicted molar refractivity (Wildman–Crippen MR) is 135 cm³/mol. The lowest BCUT2D eigenvalue weighted by Gasteiger charge is -2.13. The molecule has 1 heterocycles. The fourth-order valence-corrected chi connectivity index (χ4v) is 4.73. The average molecular weight is 514 g/mol. The summed E-state index contributed by atoms with van der Waals surface area (Å²) in [6.07, 6.45) is 0.473. The molecule has 0 fully saturated rings. The van der Waals surface area contributed by atoms with Crippen molar-refractivity contribution in [2.45, 2.75) is 29.5 Å². The number of guanidine groups is 1. The van der Waals surface area contributed by atoms with Crippen molar-refractivity contribution in [1.29, 1.82) is 0 Å². The van der Waals surface area contributed by atoms with Crippen LogP contribution in [0.15, 0.2) is 75.0 Å². The lowest BCUT2D eigenvalue weighted by atomic mass is 10.1. The molecule has 12 heteroatoms. The number of carbonyl (C=O) groups is 2. The molecule has 0 saturated heterocycles. The summed E-state index contributed by atoms with van der Waals surface area (Å²) in [5, 5.41) is 11.8. The number of nitrogens with two attached hydrogens (primary N) is 3. The molecule has 0 bridgehead atoms. The van der Waals surface area contributed by atoms with Crippen LogP contribution in [-0.2, 0) is 20.4 Å². The number of sulfone groups is 1. The lowest BCUT2D eigenvalue weighted by Crippen LogP contribution is -2.40. The molecule has 1 amide bonds. The van der Waals surface area contributed by atoms with Crippen LogP contribution in [0.5, 0.6) is 0 Å². The lowest BCUT2D eigenvalue weighted by molar-refractivity contribution is -0.139. The van der Waals surface area contributed by atoms with Gasteiger partial charge in [-0.15, -0.1) is 0 Å². The second-order valence-electron chi connectivity index (χ2n) is 8.01. The van der Waals surface area contributed by atoms with E-state index in [0.717, 1.165) is 0 Å². The Morgan fingerprint density at radius 3 is 2.44 bits per heavy atom. The van der Waals surface area contributed by atoms with Gasteiger partial charge in [-0.3, -0.25) is 9.79 Å². The molecule has 11 nitrogen and oxygen atoms in total. The summed E-state index contributed by atoms with van der Waals surface area (Å²) < 4.78 is 31.1. The highest BCUT2D eigenvalue weighted by atomic mass is 32.2. The van der Waals surface area contributed by atoms with Crippen molar-refractivity contribution in [2.24, 2.45) is 16.5 Å². The third kappa shape index (κ3) is 7.09. The molecule has 190 valence electrons. The van der Waals surface area contributed by atoms with E-state index in [2.05, 4.69) is 10.3 Å².